The standard InChI is InChI=1S/C20H30F3N5O3/c1-12(10-29-2)31-13-3-4-15-14(7-13)19(27-26-15)16-8-18(25-11-24-16)28-5-6-30-17(9-28)20(21,22)23/h8,11-15,17,19,26-27H,3-7,9-10H2,1-2H3/t12-,13?,14?,15?,17?,19?/m0/s1. The Hall–Kier alpha value is -1.53. The SMILES string of the molecule is COC[C@H](C)OC1CCC2NNC(c3cc(N4CCOC(C(F)(F)F)C4)ncn3)C2C1. The van der Waals surface area contributed by atoms with Crippen molar-refractivity contribution in [1.29, 1.82) is 0 Å². The van der Waals surface area contributed by atoms with Crippen molar-refractivity contribution in [3.05, 3.63) is 18.1 Å². The van der Waals surface area contributed by atoms with Gasteiger partial charge in [0.15, 0.2) is 6.10 Å². The van der Waals surface area contributed by atoms with Gasteiger partial charge in [-0.15, -0.1) is 0 Å². The lowest BCUT2D eigenvalue weighted by Gasteiger charge is -2.35. The van der Waals surface area contributed by atoms with Crippen LogP contribution in [0, 0.1) is 5.92 Å². The highest BCUT2D eigenvalue weighted by molar-refractivity contribution is 5.40. The molecule has 2 aliphatic heterocycles. The fourth-order valence-corrected chi connectivity index (χ4v) is 4.80. The summed E-state index contributed by atoms with van der Waals surface area (Å²) < 4.78 is 55.5. The number of halogens is 3. The minimum Gasteiger partial charge on any atom is -0.382 e. The summed E-state index contributed by atoms with van der Waals surface area (Å²) in [5, 5.41) is 0. The van der Waals surface area contributed by atoms with Crippen molar-refractivity contribution in [3.63, 3.8) is 0 Å². The molecule has 6 atom stereocenters. The molecule has 0 aromatic carbocycles. The summed E-state index contributed by atoms with van der Waals surface area (Å²) in [7, 11) is 1.66. The van der Waals surface area contributed by atoms with E-state index < -0.39 is 12.3 Å². The molecule has 1 aromatic heterocycles. The Morgan fingerprint density at radius 2 is 2.13 bits per heavy atom. The first-order chi connectivity index (χ1) is 14.8. The van der Waals surface area contributed by atoms with E-state index in [1.165, 1.54) is 6.33 Å². The number of ether oxygens (including phenoxy) is 3. The lowest BCUT2D eigenvalue weighted by Crippen LogP contribution is -2.49. The Morgan fingerprint density at radius 1 is 1.29 bits per heavy atom. The maximum absolute atomic E-state index is 13.1. The molecule has 31 heavy (non-hydrogen) atoms. The molecule has 1 aromatic rings. The molecule has 3 fully saturated rings. The summed E-state index contributed by atoms with van der Waals surface area (Å²) in [6.45, 7) is 2.66. The normalized spacial score (nSPS) is 32.7. The Morgan fingerprint density at radius 3 is 2.90 bits per heavy atom. The number of anilines is 1. The summed E-state index contributed by atoms with van der Waals surface area (Å²) in [6, 6.07) is 2.03. The summed E-state index contributed by atoms with van der Waals surface area (Å²) >= 11 is 0. The smallest absolute Gasteiger partial charge is 0.382 e. The van der Waals surface area contributed by atoms with Crippen LogP contribution in [-0.4, -0.2) is 73.9 Å². The highest BCUT2D eigenvalue weighted by atomic mass is 19.4. The number of morpholine rings is 1. The van der Waals surface area contributed by atoms with E-state index in [0.29, 0.717) is 25.0 Å². The van der Waals surface area contributed by atoms with Crippen molar-refractivity contribution in [3.8, 4) is 0 Å². The van der Waals surface area contributed by atoms with Crippen molar-refractivity contribution in [2.75, 3.05) is 38.3 Å². The van der Waals surface area contributed by atoms with E-state index in [-0.39, 0.29) is 37.3 Å². The molecule has 8 nitrogen and oxygen atoms in total. The van der Waals surface area contributed by atoms with Crippen molar-refractivity contribution in [2.24, 2.45) is 5.92 Å². The molecule has 0 bridgehead atoms. The van der Waals surface area contributed by atoms with Gasteiger partial charge in [0.05, 0.1) is 43.7 Å². The molecule has 3 aliphatic rings. The number of nitrogens with zero attached hydrogens (tertiary/aromatic N) is 3. The number of hydrazine groups is 1. The van der Waals surface area contributed by atoms with Crippen LogP contribution in [-0.2, 0) is 14.2 Å². The van der Waals surface area contributed by atoms with E-state index in [9.17, 15) is 13.2 Å². The van der Waals surface area contributed by atoms with Gasteiger partial charge in [0.1, 0.15) is 12.1 Å². The average molecular weight is 445 g/mol. The monoisotopic (exact) mass is 445 g/mol. The van der Waals surface area contributed by atoms with E-state index >= 15 is 0 Å². The summed E-state index contributed by atoms with van der Waals surface area (Å²) in [5.74, 6) is 0.758. The Kier molecular flexibility index (Phi) is 6.97. The highest BCUT2D eigenvalue weighted by Gasteiger charge is 2.45. The molecule has 2 saturated heterocycles. The molecule has 0 amide bonds. The van der Waals surface area contributed by atoms with Gasteiger partial charge >= 0.3 is 6.18 Å². The van der Waals surface area contributed by atoms with Gasteiger partial charge in [-0.1, -0.05) is 0 Å². The van der Waals surface area contributed by atoms with Gasteiger partial charge in [-0.05, 0) is 26.2 Å². The summed E-state index contributed by atoms with van der Waals surface area (Å²) in [6.07, 6.45) is -1.78. The first kappa shape index (κ1) is 22.7. The molecule has 5 unspecified atom stereocenters. The van der Waals surface area contributed by atoms with Crippen molar-refractivity contribution in [2.45, 2.75) is 62.8 Å². The van der Waals surface area contributed by atoms with Crippen LogP contribution in [0.2, 0.25) is 0 Å². The third-order valence-corrected chi connectivity index (χ3v) is 6.28. The van der Waals surface area contributed by atoms with Gasteiger partial charge in [-0.2, -0.15) is 13.2 Å². The topological polar surface area (TPSA) is 80.8 Å². The second-order valence-electron chi connectivity index (χ2n) is 8.52. The predicted molar refractivity (Wildman–Crippen MR) is 106 cm³/mol. The maximum atomic E-state index is 13.1. The van der Waals surface area contributed by atoms with Gasteiger partial charge < -0.3 is 19.1 Å². The summed E-state index contributed by atoms with van der Waals surface area (Å²) in [4.78, 5) is 10.3. The third kappa shape index (κ3) is 5.28. The third-order valence-electron chi connectivity index (χ3n) is 6.28. The van der Waals surface area contributed by atoms with E-state index in [1.807, 2.05) is 6.92 Å². The predicted octanol–water partition coefficient (Wildman–Crippen LogP) is 1.98. The molecule has 4 rings (SSSR count). The van der Waals surface area contributed by atoms with Gasteiger partial charge in [-0.3, -0.25) is 5.43 Å². The second kappa shape index (κ2) is 9.53. The maximum Gasteiger partial charge on any atom is 0.416 e. The number of alkyl halides is 3. The largest absolute Gasteiger partial charge is 0.416 e. The minimum absolute atomic E-state index is 0.0100. The quantitative estimate of drug-likeness (QED) is 0.688. The van der Waals surface area contributed by atoms with Crippen LogP contribution < -0.4 is 15.8 Å². The van der Waals surface area contributed by atoms with E-state index in [1.54, 1.807) is 18.1 Å². The number of rotatable bonds is 6. The van der Waals surface area contributed by atoms with Crippen LogP contribution in [0.1, 0.15) is 37.9 Å². The lowest BCUT2D eigenvalue weighted by atomic mass is 9.79. The second-order valence-corrected chi connectivity index (χ2v) is 8.52. The molecule has 1 aliphatic carbocycles. The van der Waals surface area contributed by atoms with Crippen LogP contribution in [0.5, 0.6) is 0 Å². The number of hydrogen-bond acceptors (Lipinski definition) is 8. The first-order valence-corrected chi connectivity index (χ1v) is 10.8. The van der Waals surface area contributed by atoms with Crippen LogP contribution >= 0.6 is 0 Å². The molecule has 174 valence electrons. The number of aromatic nitrogens is 2. The van der Waals surface area contributed by atoms with Gasteiger partial charge in [0.25, 0.3) is 0 Å². The number of nitrogens with one attached hydrogen (secondary N) is 2. The Balaban J connectivity index is 1.45. The van der Waals surface area contributed by atoms with E-state index in [4.69, 9.17) is 14.2 Å². The van der Waals surface area contributed by atoms with Gasteiger partial charge in [0.2, 0.25) is 0 Å². The number of fused-ring (bicyclic) bond motifs is 1. The minimum atomic E-state index is -4.39. The highest BCUT2D eigenvalue weighted by Crippen LogP contribution is 2.39. The van der Waals surface area contributed by atoms with Crippen LogP contribution in [0.15, 0.2) is 12.4 Å². The zero-order valence-corrected chi connectivity index (χ0v) is 17.8. The molecule has 1 saturated carbocycles. The lowest BCUT2D eigenvalue weighted by molar-refractivity contribution is -0.221. The van der Waals surface area contributed by atoms with Crippen molar-refractivity contribution in [1.82, 2.24) is 20.8 Å². The zero-order valence-electron chi connectivity index (χ0n) is 17.8. The molecule has 2 N–H and O–H groups in total. The first-order valence-electron chi connectivity index (χ1n) is 10.8. The number of hydrogen-bond donors (Lipinski definition) is 2. The zero-order chi connectivity index (χ0) is 22.0. The molecular formula is C20H30F3N5O3. The fraction of sp³-hybridized carbons (Fsp3) is 0.800. The average Bonchev–Trinajstić information content (AvgIpc) is 3.17. The van der Waals surface area contributed by atoms with Gasteiger partial charge in [-0.25, -0.2) is 15.4 Å². The van der Waals surface area contributed by atoms with Gasteiger partial charge in [0, 0.05) is 31.7 Å². The van der Waals surface area contributed by atoms with Crippen molar-refractivity contribution < 1.29 is 27.4 Å². The number of methoxy groups -OCH3 is 1. The fourth-order valence-electron chi connectivity index (χ4n) is 4.80. The Labute approximate surface area is 179 Å². The summed E-state index contributed by atoms with van der Waals surface area (Å²) in [5.41, 5.74) is 7.46. The van der Waals surface area contributed by atoms with E-state index in [2.05, 4.69) is 20.8 Å². The molecule has 0 radical (unpaired) electrons. The Bertz CT molecular complexity index is 740. The van der Waals surface area contributed by atoms with Crippen LogP contribution in [0.3, 0.4) is 0 Å². The molecule has 11 heteroatoms. The molecule has 3 heterocycles. The van der Waals surface area contributed by atoms with Crippen LogP contribution in [0.25, 0.3) is 0 Å². The van der Waals surface area contributed by atoms with E-state index in [0.717, 1.165) is 25.0 Å². The van der Waals surface area contributed by atoms with Crippen molar-refractivity contribution >= 4 is 5.82 Å². The molecule has 0 spiro atoms. The molecular weight excluding hydrogens is 415 g/mol. The van der Waals surface area contributed by atoms with Crippen LogP contribution in [0.4, 0.5) is 19.0 Å².